The summed E-state index contributed by atoms with van der Waals surface area (Å²) >= 11 is 0. The summed E-state index contributed by atoms with van der Waals surface area (Å²) < 4.78 is 0. The van der Waals surface area contributed by atoms with Crippen LogP contribution in [0.15, 0.2) is 72.8 Å². The van der Waals surface area contributed by atoms with E-state index in [0.717, 1.165) is 5.56 Å². The van der Waals surface area contributed by atoms with Crippen molar-refractivity contribution in [1.29, 1.82) is 5.26 Å². The molecule has 1 N–H and O–H groups in total. The van der Waals surface area contributed by atoms with E-state index < -0.39 is 0 Å². The van der Waals surface area contributed by atoms with Gasteiger partial charge in [-0.25, -0.2) is 0 Å². The molecule has 0 aliphatic rings. The van der Waals surface area contributed by atoms with Crippen molar-refractivity contribution in [1.82, 2.24) is 0 Å². The molecule has 3 rings (SSSR count). The number of carbonyl (C=O) groups is 2. The molecule has 0 unspecified atom stereocenters. The topological polar surface area (TPSA) is 73.2 Å². The average Bonchev–Trinajstić information content (AvgIpc) is 2.75. The molecule has 0 saturated heterocycles. The predicted molar refractivity (Wildman–Crippen MR) is 119 cm³/mol. The van der Waals surface area contributed by atoms with Crippen LogP contribution in [0, 0.1) is 18.3 Å². The summed E-state index contributed by atoms with van der Waals surface area (Å²) in [6, 6.07) is 23.2. The van der Waals surface area contributed by atoms with Gasteiger partial charge in [-0.2, -0.15) is 5.26 Å². The van der Waals surface area contributed by atoms with Gasteiger partial charge in [0.15, 0.2) is 0 Å². The van der Waals surface area contributed by atoms with Crippen molar-refractivity contribution in [2.45, 2.75) is 26.8 Å². The second-order valence-corrected chi connectivity index (χ2v) is 7.28. The second kappa shape index (κ2) is 9.06. The van der Waals surface area contributed by atoms with Crippen LogP contribution in [-0.2, 0) is 0 Å². The number of nitrogens with one attached hydrogen (secondary N) is 1. The Morgan fingerprint density at radius 2 is 1.67 bits per heavy atom. The van der Waals surface area contributed by atoms with Gasteiger partial charge in [-0.1, -0.05) is 30.3 Å². The van der Waals surface area contributed by atoms with Crippen LogP contribution in [0.4, 0.5) is 11.4 Å². The standard InChI is InChI=1S/C25H23N3O2/c1-17(2)28(22-11-7-8-19(14-22)16-26)25(30)21-13-12-18(3)23(15-21)27-24(29)20-9-5-4-6-10-20/h4-15,17H,1-3H3,(H,27,29). The van der Waals surface area contributed by atoms with E-state index in [4.69, 9.17) is 0 Å². The molecular weight excluding hydrogens is 374 g/mol. The molecular formula is C25H23N3O2. The fourth-order valence-electron chi connectivity index (χ4n) is 3.19. The molecule has 5 heteroatoms. The van der Waals surface area contributed by atoms with Gasteiger partial charge >= 0.3 is 0 Å². The van der Waals surface area contributed by atoms with Crippen molar-refractivity contribution in [3.8, 4) is 6.07 Å². The van der Waals surface area contributed by atoms with Gasteiger partial charge in [0.25, 0.3) is 11.8 Å². The van der Waals surface area contributed by atoms with Gasteiger partial charge in [0.05, 0.1) is 11.6 Å². The minimum atomic E-state index is -0.231. The first-order valence-corrected chi connectivity index (χ1v) is 9.71. The lowest BCUT2D eigenvalue weighted by atomic mass is 10.1. The number of rotatable bonds is 5. The van der Waals surface area contributed by atoms with Gasteiger partial charge < -0.3 is 10.2 Å². The lowest BCUT2D eigenvalue weighted by molar-refractivity contribution is 0.0978. The number of carbonyl (C=O) groups excluding carboxylic acids is 2. The Morgan fingerprint density at radius 1 is 0.933 bits per heavy atom. The van der Waals surface area contributed by atoms with Crippen LogP contribution >= 0.6 is 0 Å². The fourth-order valence-corrected chi connectivity index (χ4v) is 3.19. The number of hydrogen-bond donors (Lipinski definition) is 1. The van der Waals surface area contributed by atoms with Crippen molar-refractivity contribution in [2.75, 3.05) is 10.2 Å². The smallest absolute Gasteiger partial charge is 0.258 e. The number of amides is 2. The molecule has 2 amide bonds. The van der Waals surface area contributed by atoms with Gasteiger partial charge in [-0.15, -0.1) is 0 Å². The average molecular weight is 397 g/mol. The Balaban J connectivity index is 1.92. The summed E-state index contributed by atoms with van der Waals surface area (Å²) in [4.78, 5) is 27.5. The highest BCUT2D eigenvalue weighted by molar-refractivity contribution is 6.09. The molecule has 0 spiro atoms. The third kappa shape index (κ3) is 4.56. The van der Waals surface area contributed by atoms with Gasteiger partial charge in [0.2, 0.25) is 0 Å². The SMILES string of the molecule is Cc1ccc(C(=O)N(c2cccc(C#N)c2)C(C)C)cc1NC(=O)c1ccccc1. The zero-order valence-corrected chi connectivity index (χ0v) is 17.2. The molecule has 0 saturated carbocycles. The third-order valence-corrected chi connectivity index (χ3v) is 4.76. The van der Waals surface area contributed by atoms with Crippen LogP contribution in [0.25, 0.3) is 0 Å². The maximum absolute atomic E-state index is 13.3. The lowest BCUT2D eigenvalue weighted by Crippen LogP contribution is -2.37. The van der Waals surface area contributed by atoms with Gasteiger partial charge in [0.1, 0.15) is 0 Å². The molecule has 0 radical (unpaired) electrons. The van der Waals surface area contributed by atoms with Crippen LogP contribution in [0.3, 0.4) is 0 Å². The molecule has 0 aliphatic carbocycles. The lowest BCUT2D eigenvalue weighted by Gasteiger charge is -2.27. The Labute approximate surface area is 176 Å². The zero-order valence-electron chi connectivity index (χ0n) is 17.2. The molecule has 0 aromatic heterocycles. The summed E-state index contributed by atoms with van der Waals surface area (Å²) in [5.41, 5.74) is 3.60. The van der Waals surface area contributed by atoms with Crippen molar-refractivity contribution in [3.63, 3.8) is 0 Å². The summed E-state index contributed by atoms with van der Waals surface area (Å²) in [6.45, 7) is 5.72. The van der Waals surface area contributed by atoms with E-state index in [0.29, 0.717) is 28.1 Å². The Kier molecular flexibility index (Phi) is 6.29. The summed E-state index contributed by atoms with van der Waals surface area (Å²) in [5.74, 6) is -0.430. The monoisotopic (exact) mass is 397 g/mol. The molecule has 5 nitrogen and oxygen atoms in total. The van der Waals surface area contributed by atoms with Crippen molar-refractivity contribution in [3.05, 3.63) is 95.1 Å². The predicted octanol–water partition coefficient (Wildman–Crippen LogP) is 5.17. The van der Waals surface area contributed by atoms with Gasteiger partial charge in [0, 0.05) is 28.5 Å². The molecule has 150 valence electrons. The second-order valence-electron chi connectivity index (χ2n) is 7.28. The molecule has 0 fully saturated rings. The van der Waals surface area contributed by atoms with Crippen LogP contribution < -0.4 is 10.2 Å². The number of nitriles is 1. The molecule has 3 aromatic rings. The minimum Gasteiger partial charge on any atom is -0.322 e. The highest BCUT2D eigenvalue weighted by Crippen LogP contribution is 2.24. The number of anilines is 2. The third-order valence-electron chi connectivity index (χ3n) is 4.76. The van der Waals surface area contributed by atoms with E-state index in [9.17, 15) is 14.9 Å². The van der Waals surface area contributed by atoms with Crippen LogP contribution in [0.1, 0.15) is 45.7 Å². The van der Waals surface area contributed by atoms with Crippen molar-refractivity contribution >= 4 is 23.2 Å². The van der Waals surface area contributed by atoms with E-state index in [1.54, 1.807) is 59.5 Å². The number of aryl methyl sites for hydroxylation is 1. The fraction of sp³-hybridized carbons (Fsp3) is 0.160. The molecule has 0 bridgehead atoms. The first kappa shape index (κ1) is 20.8. The van der Waals surface area contributed by atoms with Crippen molar-refractivity contribution in [2.24, 2.45) is 0 Å². The van der Waals surface area contributed by atoms with Gasteiger partial charge in [-0.05, 0) is 68.8 Å². The molecule has 0 atom stereocenters. The first-order valence-electron chi connectivity index (χ1n) is 9.71. The minimum absolute atomic E-state index is 0.116. The number of benzene rings is 3. The van der Waals surface area contributed by atoms with Crippen LogP contribution in [0.2, 0.25) is 0 Å². The zero-order chi connectivity index (χ0) is 21.7. The van der Waals surface area contributed by atoms with Crippen LogP contribution in [0.5, 0.6) is 0 Å². The Hall–Kier alpha value is -3.91. The maximum atomic E-state index is 13.3. The van der Waals surface area contributed by atoms with E-state index in [1.807, 2.05) is 39.0 Å². The quantitative estimate of drug-likeness (QED) is 0.645. The molecule has 3 aromatic carbocycles. The summed E-state index contributed by atoms with van der Waals surface area (Å²) in [6.07, 6.45) is 0. The van der Waals surface area contributed by atoms with E-state index in [2.05, 4.69) is 11.4 Å². The molecule has 0 aliphatic heterocycles. The number of nitrogens with zero attached hydrogens (tertiary/aromatic N) is 2. The van der Waals surface area contributed by atoms with E-state index in [-0.39, 0.29) is 17.9 Å². The molecule has 0 heterocycles. The van der Waals surface area contributed by atoms with Crippen molar-refractivity contribution < 1.29 is 9.59 Å². The highest BCUT2D eigenvalue weighted by atomic mass is 16.2. The highest BCUT2D eigenvalue weighted by Gasteiger charge is 2.22. The van der Waals surface area contributed by atoms with Crippen LogP contribution in [-0.4, -0.2) is 17.9 Å². The Bertz CT molecular complexity index is 1110. The largest absolute Gasteiger partial charge is 0.322 e. The summed E-state index contributed by atoms with van der Waals surface area (Å²) in [5, 5.41) is 12.1. The molecule has 30 heavy (non-hydrogen) atoms. The number of hydrogen-bond acceptors (Lipinski definition) is 3. The first-order chi connectivity index (χ1) is 14.4. The van der Waals surface area contributed by atoms with E-state index in [1.165, 1.54) is 0 Å². The Morgan fingerprint density at radius 3 is 2.33 bits per heavy atom. The summed E-state index contributed by atoms with van der Waals surface area (Å²) in [7, 11) is 0. The maximum Gasteiger partial charge on any atom is 0.258 e. The van der Waals surface area contributed by atoms with E-state index >= 15 is 0 Å². The normalized spacial score (nSPS) is 10.4. The van der Waals surface area contributed by atoms with Gasteiger partial charge in [-0.3, -0.25) is 9.59 Å².